The van der Waals surface area contributed by atoms with E-state index in [1.807, 2.05) is 30.6 Å². The van der Waals surface area contributed by atoms with Crippen molar-refractivity contribution in [1.82, 2.24) is 35.1 Å². The SMILES string of the molecule is CC(=O)c1csc(-c2cncc3[nH]c(-c4[nH]nc5ncc(-c6cnccc6C)cc45)nc23)c1. The van der Waals surface area contributed by atoms with Crippen LogP contribution in [-0.2, 0) is 0 Å². The van der Waals surface area contributed by atoms with E-state index in [4.69, 9.17) is 4.98 Å². The lowest BCUT2D eigenvalue weighted by atomic mass is 10.0. The van der Waals surface area contributed by atoms with Gasteiger partial charge in [-0.05, 0) is 37.6 Å². The number of aromatic amines is 2. The molecule has 0 aliphatic carbocycles. The second-order valence-corrected chi connectivity index (χ2v) is 8.72. The fourth-order valence-corrected chi connectivity index (χ4v) is 4.85. The predicted molar refractivity (Wildman–Crippen MR) is 128 cm³/mol. The highest BCUT2D eigenvalue weighted by Gasteiger charge is 2.17. The van der Waals surface area contributed by atoms with Crippen molar-refractivity contribution in [3.8, 4) is 33.1 Å². The highest BCUT2D eigenvalue weighted by atomic mass is 32.1. The van der Waals surface area contributed by atoms with Crippen LogP contribution in [0.3, 0.4) is 0 Å². The van der Waals surface area contributed by atoms with Gasteiger partial charge in [-0.3, -0.25) is 19.9 Å². The van der Waals surface area contributed by atoms with Crippen LogP contribution in [-0.4, -0.2) is 40.9 Å². The number of Topliss-reactive ketones (excluding diaryl/α,β-unsaturated/α-hetero) is 1. The molecule has 160 valence electrons. The molecule has 0 aliphatic rings. The Morgan fingerprint density at radius 1 is 1.06 bits per heavy atom. The number of imidazole rings is 1. The van der Waals surface area contributed by atoms with E-state index in [-0.39, 0.29) is 5.78 Å². The lowest BCUT2D eigenvalue weighted by Gasteiger charge is -2.04. The molecular weight excluding hydrogens is 434 g/mol. The van der Waals surface area contributed by atoms with Gasteiger partial charge >= 0.3 is 0 Å². The average molecular weight is 452 g/mol. The lowest BCUT2D eigenvalue weighted by molar-refractivity contribution is 0.101. The Morgan fingerprint density at radius 3 is 2.76 bits per heavy atom. The quantitative estimate of drug-likeness (QED) is 0.356. The van der Waals surface area contributed by atoms with Gasteiger partial charge in [-0.25, -0.2) is 9.97 Å². The van der Waals surface area contributed by atoms with Crippen LogP contribution >= 0.6 is 11.3 Å². The van der Waals surface area contributed by atoms with Gasteiger partial charge in [-0.1, -0.05) is 0 Å². The van der Waals surface area contributed by atoms with Crippen molar-refractivity contribution in [3.05, 3.63) is 65.7 Å². The van der Waals surface area contributed by atoms with Crippen LogP contribution in [0.15, 0.2) is 54.6 Å². The number of aryl methyl sites for hydroxylation is 1. The summed E-state index contributed by atoms with van der Waals surface area (Å²) in [6.45, 7) is 3.61. The molecule has 0 saturated heterocycles. The molecule has 2 N–H and O–H groups in total. The highest BCUT2D eigenvalue weighted by Crippen LogP contribution is 2.34. The maximum atomic E-state index is 11.7. The van der Waals surface area contributed by atoms with Gasteiger partial charge in [-0.2, -0.15) is 5.10 Å². The number of aromatic nitrogens is 7. The summed E-state index contributed by atoms with van der Waals surface area (Å²) >= 11 is 1.51. The first-order valence-corrected chi connectivity index (χ1v) is 11.2. The van der Waals surface area contributed by atoms with E-state index in [1.54, 1.807) is 31.7 Å². The van der Waals surface area contributed by atoms with Crippen molar-refractivity contribution >= 4 is 39.2 Å². The number of carbonyl (C=O) groups is 1. The van der Waals surface area contributed by atoms with Gasteiger partial charge in [0.25, 0.3) is 0 Å². The molecule has 6 heterocycles. The van der Waals surface area contributed by atoms with Gasteiger partial charge in [0.05, 0.1) is 17.1 Å². The van der Waals surface area contributed by atoms with E-state index in [9.17, 15) is 4.79 Å². The Balaban J connectivity index is 1.49. The van der Waals surface area contributed by atoms with Crippen LogP contribution in [0.1, 0.15) is 22.8 Å². The minimum atomic E-state index is 0.0384. The zero-order chi connectivity index (χ0) is 22.5. The molecule has 8 nitrogen and oxygen atoms in total. The number of ketones is 1. The smallest absolute Gasteiger partial charge is 0.181 e. The predicted octanol–water partition coefficient (Wildman–Crippen LogP) is 5.20. The largest absolute Gasteiger partial charge is 0.335 e. The van der Waals surface area contributed by atoms with Crippen LogP contribution < -0.4 is 0 Å². The number of pyridine rings is 3. The van der Waals surface area contributed by atoms with E-state index < -0.39 is 0 Å². The Morgan fingerprint density at radius 2 is 1.94 bits per heavy atom. The summed E-state index contributed by atoms with van der Waals surface area (Å²) in [5, 5.41) is 10.2. The van der Waals surface area contributed by atoms with E-state index in [0.717, 1.165) is 49.2 Å². The third kappa shape index (κ3) is 3.21. The van der Waals surface area contributed by atoms with Crippen LogP contribution in [0.25, 0.3) is 55.2 Å². The monoisotopic (exact) mass is 451 g/mol. The van der Waals surface area contributed by atoms with E-state index in [2.05, 4.69) is 36.2 Å². The standard InChI is InChI=1S/C24H17N7OS/c1-12-3-4-25-8-17(12)14-5-16-22(30-31-23(16)27-7-14)24-28-19-10-26-9-18(21(19)29-24)20-6-15(11-33-20)13(2)32/h3-11H,1-2H3,(H,28,29)(H,27,30,31). The van der Waals surface area contributed by atoms with Crippen molar-refractivity contribution in [2.45, 2.75) is 13.8 Å². The molecule has 0 atom stereocenters. The summed E-state index contributed by atoms with van der Waals surface area (Å²) in [5.74, 6) is 0.684. The fourth-order valence-electron chi connectivity index (χ4n) is 3.89. The molecule has 6 rings (SSSR count). The Labute approximate surface area is 191 Å². The van der Waals surface area contributed by atoms with Gasteiger partial charge in [0.1, 0.15) is 11.2 Å². The van der Waals surface area contributed by atoms with E-state index >= 15 is 0 Å². The summed E-state index contributed by atoms with van der Waals surface area (Å²) < 4.78 is 0. The number of nitrogens with zero attached hydrogens (tertiary/aromatic N) is 5. The zero-order valence-electron chi connectivity index (χ0n) is 17.7. The van der Waals surface area contributed by atoms with Gasteiger partial charge in [0.15, 0.2) is 17.3 Å². The minimum Gasteiger partial charge on any atom is -0.335 e. The summed E-state index contributed by atoms with van der Waals surface area (Å²) in [6, 6.07) is 5.91. The summed E-state index contributed by atoms with van der Waals surface area (Å²) in [6.07, 6.45) is 8.95. The molecule has 0 bridgehead atoms. The first-order valence-electron chi connectivity index (χ1n) is 10.3. The molecular formula is C24H17N7OS. The maximum Gasteiger partial charge on any atom is 0.181 e. The number of thiophene rings is 1. The van der Waals surface area contributed by atoms with Crippen molar-refractivity contribution in [2.75, 3.05) is 0 Å². The van der Waals surface area contributed by atoms with Gasteiger partial charge in [0.2, 0.25) is 0 Å². The Bertz CT molecular complexity index is 1680. The summed E-state index contributed by atoms with van der Waals surface area (Å²) in [5.41, 5.74) is 7.61. The highest BCUT2D eigenvalue weighted by molar-refractivity contribution is 7.14. The van der Waals surface area contributed by atoms with Crippen LogP contribution in [0.4, 0.5) is 0 Å². The van der Waals surface area contributed by atoms with E-state index in [0.29, 0.717) is 17.0 Å². The van der Waals surface area contributed by atoms with Gasteiger partial charge < -0.3 is 4.98 Å². The van der Waals surface area contributed by atoms with Crippen molar-refractivity contribution < 1.29 is 4.79 Å². The number of rotatable bonds is 4. The van der Waals surface area contributed by atoms with Crippen molar-refractivity contribution in [3.63, 3.8) is 0 Å². The van der Waals surface area contributed by atoms with Crippen molar-refractivity contribution in [1.29, 1.82) is 0 Å². The molecule has 0 saturated carbocycles. The Hall–Kier alpha value is -4.24. The third-order valence-electron chi connectivity index (χ3n) is 5.66. The van der Waals surface area contributed by atoms with Gasteiger partial charge in [0, 0.05) is 57.3 Å². The van der Waals surface area contributed by atoms with Crippen LogP contribution in [0.2, 0.25) is 0 Å². The maximum absolute atomic E-state index is 11.7. The average Bonchev–Trinajstić information content (AvgIpc) is 3.56. The van der Waals surface area contributed by atoms with Crippen LogP contribution in [0, 0.1) is 6.92 Å². The second kappa shape index (κ2) is 7.42. The normalized spacial score (nSPS) is 11.5. The van der Waals surface area contributed by atoms with E-state index in [1.165, 1.54) is 11.3 Å². The molecule has 9 heteroatoms. The minimum absolute atomic E-state index is 0.0384. The molecule has 0 spiro atoms. The zero-order valence-corrected chi connectivity index (χ0v) is 18.6. The summed E-state index contributed by atoms with van der Waals surface area (Å²) in [7, 11) is 0. The number of carbonyl (C=O) groups excluding carboxylic acids is 1. The molecule has 6 aromatic rings. The first kappa shape index (κ1) is 19.4. The first-order chi connectivity index (χ1) is 16.1. The number of hydrogen-bond donors (Lipinski definition) is 2. The molecule has 0 amide bonds. The number of H-pyrrole nitrogens is 2. The molecule has 0 aliphatic heterocycles. The molecule has 0 aromatic carbocycles. The second-order valence-electron chi connectivity index (χ2n) is 7.81. The third-order valence-corrected chi connectivity index (χ3v) is 6.63. The number of fused-ring (bicyclic) bond motifs is 2. The molecule has 0 unspecified atom stereocenters. The molecule has 0 fully saturated rings. The molecule has 0 radical (unpaired) electrons. The van der Waals surface area contributed by atoms with Gasteiger partial charge in [-0.15, -0.1) is 11.3 Å². The van der Waals surface area contributed by atoms with Crippen molar-refractivity contribution in [2.24, 2.45) is 0 Å². The Kier molecular flexibility index (Phi) is 4.37. The lowest BCUT2D eigenvalue weighted by Crippen LogP contribution is -1.87. The van der Waals surface area contributed by atoms with Crippen LogP contribution in [0.5, 0.6) is 0 Å². The fraction of sp³-hybridized carbons (Fsp3) is 0.0833. The topological polar surface area (TPSA) is 113 Å². The number of hydrogen-bond acceptors (Lipinski definition) is 7. The molecule has 6 aromatic heterocycles. The number of nitrogens with one attached hydrogen (secondary N) is 2. The molecule has 33 heavy (non-hydrogen) atoms. The summed E-state index contributed by atoms with van der Waals surface area (Å²) in [4.78, 5) is 34.1.